The highest BCUT2D eigenvalue weighted by Crippen LogP contribution is 2.23. The van der Waals surface area contributed by atoms with Crippen molar-refractivity contribution in [1.29, 1.82) is 0 Å². The van der Waals surface area contributed by atoms with E-state index >= 15 is 0 Å². The van der Waals surface area contributed by atoms with Crippen molar-refractivity contribution >= 4 is 35.8 Å². The van der Waals surface area contributed by atoms with Gasteiger partial charge in [-0.05, 0) is 94.9 Å². The van der Waals surface area contributed by atoms with Gasteiger partial charge in [0.2, 0.25) is 0 Å². The summed E-state index contributed by atoms with van der Waals surface area (Å²) >= 11 is 0. The summed E-state index contributed by atoms with van der Waals surface area (Å²) in [5.41, 5.74) is -1.53. The monoisotopic (exact) mass is 762 g/mol. The molecule has 0 rings (SSSR count). The fourth-order valence-corrected chi connectivity index (χ4v) is 2.30. The van der Waals surface area contributed by atoms with Gasteiger partial charge < -0.3 is 39.0 Å². The lowest BCUT2D eigenvalue weighted by Gasteiger charge is -2.24. The van der Waals surface area contributed by atoms with Gasteiger partial charge in [0.15, 0.2) is 6.10 Å². The molecule has 0 fully saturated rings. The number of methoxy groups -OCH3 is 1. The lowest BCUT2D eigenvalue weighted by Crippen LogP contribution is -2.34. The largest absolute Gasteiger partial charge is 0.481 e. The van der Waals surface area contributed by atoms with Gasteiger partial charge >= 0.3 is 35.8 Å². The highest BCUT2D eigenvalue weighted by atomic mass is 16.6. The zero-order valence-corrected chi connectivity index (χ0v) is 35.1. The molecule has 0 aromatic heterocycles. The third kappa shape index (κ3) is 25.8. The Morgan fingerprint density at radius 1 is 0.585 bits per heavy atom. The fourth-order valence-electron chi connectivity index (χ4n) is 2.30. The van der Waals surface area contributed by atoms with Crippen LogP contribution >= 0.6 is 0 Å². The molecule has 0 amide bonds. The first-order valence-corrected chi connectivity index (χ1v) is 17.6. The molecular formula is C39H70O14. The van der Waals surface area contributed by atoms with Crippen molar-refractivity contribution < 1.29 is 67.8 Å². The molecule has 14 nitrogen and oxygen atoms in total. The van der Waals surface area contributed by atoms with E-state index in [0.717, 1.165) is 6.42 Å². The predicted molar refractivity (Wildman–Crippen MR) is 201 cm³/mol. The van der Waals surface area contributed by atoms with Gasteiger partial charge in [0.1, 0.15) is 25.9 Å². The van der Waals surface area contributed by atoms with Crippen LogP contribution in [-0.2, 0) is 52.5 Å². The molecule has 0 aromatic rings. The molecule has 2 unspecified atom stereocenters. The van der Waals surface area contributed by atoms with Crippen LogP contribution in [0.1, 0.15) is 123 Å². The summed E-state index contributed by atoms with van der Waals surface area (Å²) in [4.78, 5) is 66.6. The van der Waals surface area contributed by atoms with Crippen LogP contribution in [-0.4, -0.2) is 96.9 Å². The Labute approximate surface area is 317 Å². The maximum atomic E-state index is 11.8. The number of esters is 5. The van der Waals surface area contributed by atoms with Gasteiger partial charge in [-0.1, -0.05) is 40.9 Å². The number of ether oxygens (including phenoxy) is 5. The van der Waals surface area contributed by atoms with Crippen molar-refractivity contribution in [1.82, 2.24) is 0 Å². The Bertz CT molecular complexity index is 1180. The van der Waals surface area contributed by atoms with Gasteiger partial charge in [-0.2, -0.15) is 0 Å². The molecule has 3 N–H and O–H groups in total. The number of hydrogen-bond donors (Lipinski definition) is 3. The van der Waals surface area contributed by atoms with Crippen LogP contribution < -0.4 is 0 Å². The van der Waals surface area contributed by atoms with E-state index in [9.17, 15) is 33.9 Å². The quantitative estimate of drug-likeness (QED) is 0.0832. The van der Waals surface area contributed by atoms with Crippen molar-refractivity contribution in [3.63, 3.8) is 0 Å². The number of aliphatic hydroxyl groups excluding tert-OH is 2. The molecule has 0 spiro atoms. The summed E-state index contributed by atoms with van der Waals surface area (Å²) in [6.45, 7) is 30.7. The molecular weight excluding hydrogens is 692 g/mol. The highest BCUT2D eigenvalue weighted by molar-refractivity contribution is 5.87. The van der Waals surface area contributed by atoms with Gasteiger partial charge in [0.05, 0.1) is 35.4 Å². The third-order valence-electron chi connectivity index (χ3n) is 8.35. The first-order valence-electron chi connectivity index (χ1n) is 17.6. The molecule has 0 aliphatic rings. The number of carbonyl (C=O) groups is 6. The molecule has 0 saturated heterocycles. The number of carbonyl (C=O) groups excluding carboxylic acids is 5. The minimum Gasteiger partial charge on any atom is -0.481 e. The number of rotatable bonds is 18. The number of carboxylic acid groups (broad SMARTS) is 1. The summed E-state index contributed by atoms with van der Waals surface area (Å²) in [5.74, 6) is -2.80. The van der Waals surface area contributed by atoms with Crippen LogP contribution in [0, 0.1) is 21.7 Å². The van der Waals surface area contributed by atoms with E-state index in [1.807, 2.05) is 41.5 Å². The van der Waals surface area contributed by atoms with E-state index in [0.29, 0.717) is 19.3 Å². The second-order valence-electron chi connectivity index (χ2n) is 15.0. The first kappa shape index (κ1) is 56.0. The summed E-state index contributed by atoms with van der Waals surface area (Å²) in [6, 6.07) is 0. The molecule has 53 heavy (non-hydrogen) atoms. The van der Waals surface area contributed by atoms with Crippen LogP contribution in [0.15, 0.2) is 24.3 Å². The standard InChI is InChI=1S/2C13H22O5.C7H14O2.C6H12O2/c1-6-13(4,5)12(16)18-8-10(14)7-17-11(15)9(2)3;1-6-13(4,5)12(16)18-10(7-14)8-17-11(15)9(2)3;1-5-7(2,3)6(8)9-4;1-4-6(2,3)5(7)8/h2*10,14H,2,6-8H2,1,3-5H3;5H2,1-4H3;4H2,1-3H3,(H,7,8). The average Bonchev–Trinajstić information content (AvgIpc) is 3.10. The number of carboxylic acids is 1. The van der Waals surface area contributed by atoms with E-state index in [1.54, 1.807) is 41.5 Å². The molecule has 0 heterocycles. The molecule has 0 saturated carbocycles. The lowest BCUT2D eigenvalue weighted by molar-refractivity contribution is -0.168. The van der Waals surface area contributed by atoms with Crippen LogP contribution in [0.2, 0.25) is 0 Å². The van der Waals surface area contributed by atoms with Gasteiger partial charge in [-0.15, -0.1) is 0 Å². The number of aliphatic hydroxyl groups is 2. The van der Waals surface area contributed by atoms with E-state index < -0.39 is 58.9 Å². The van der Waals surface area contributed by atoms with Crippen molar-refractivity contribution in [3.05, 3.63) is 24.3 Å². The maximum Gasteiger partial charge on any atom is 0.333 e. The molecule has 2 atom stereocenters. The van der Waals surface area contributed by atoms with E-state index in [-0.39, 0.29) is 48.3 Å². The molecule has 0 aliphatic carbocycles. The summed E-state index contributed by atoms with van der Waals surface area (Å²) < 4.78 is 24.2. The smallest absolute Gasteiger partial charge is 0.333 e. The fraction of sp³-hybridized carbons (Fsp3) is 0.744. The molecule has 14 heteroatoms. The third-order valence-corrected chi connectivity index (χ3v) is 8.35. The summed E-state index contributed by atoms with van der Waals surface area (Å²) in [5, 5.41) is 27.0. The van der Waals surface area contributed by atoms with Gasteiger partial charge in [-0.25, -0.2) is 9.59 Å². The minimum atomic E-state index is -1.02. The van der Waals surface area contributed by atoms with Gasteiger partial charge in [0, 0.05) is 11.1 Å². The van der Waals surface area contributed by atoms with Gasteiger partial charge in [-0.3, -0.25) is 19.2 Å². The maximum absolute atomic E-state index is 11.8. The van der Waals surface area contributed by atoms with Crippen LogP contribution in [0.4, 0.5) is 0 Å². The number of aliphatic carboxylic acids is 1. The Morgan fingerprint density at radius 3 is 1.21 bits per heavy atom. The second kappa shape index (κ2) is 26.9. The Balaban J connectivity index is -0.000000321. The van der Waals surface area contributed by atoms with Gasteiger partial charge in [0.25, 0.3) is 0 Å². The van der Waals surface area contributed by atoms with Crippen LogP contribution in [0.3, 0.4) is 0 Å². The van der Waals surface area contributed by atoms with E-state index in [4.69, 9.17) is 29.2 Å². The normalized spacial score (nSPS) is 12.2. The zero-order valence-electron chi connectivity index (χ0n) is 35.1. The predicted octanol–water partition coefficient (Wildman–Crippen LogP) is 5.99. The Hall–Kier alpha value is -3.78. The van der Waals surface area contributed by atoms with Crippen molar-refractivity contribution in [2.24, 2.45) is 21.7 Å². The average molecular weight is 763 g/mol. The van der Waals surface area contributed by atoms with E-state index in [1.165, 1.54) is 21.0 Å². The van der Waals surface area contributed by atoms with Crippen molar-refractivity contribution in [2.45, 2.75) is 135 Å². The first-order chi connectivity index (χ1) is 24.0. The molecule has 0 radical (unpaired) electrons. The highest BCUT2D eigenvalue weighted by Gasteiger charge is 2.30. The Kier molecular flexibility index (Phi) is 28.4. The Morgan fingerprint density at radius 2 is 0.925 bits per heavy atom. The second-order valence-corrected chi connectivity index (χ2v) is 15.0. The van der Waals surface area contributed by atoms with Crippen molar-refractivity contribution in [3.8, 4) is 0 Å². The number of hydrogen-bond acceptors (Lipinski definition) is 13. The topological polar surface area (TPSA) is 209 Å². The molecule has 0 aliphatic heterocycles. The lowest BCUT2D eigenvalue weighted by atomic mass is 9.90. The minimum absolute atomic E-state index is 0.134. The molecule has 0 bridgehead atoms. The SMILES string of the molecule is C=C(C)C(=O)OCC(CO)OC(=O)C(C)(C)CC.C=C(C)C(=O)OCC(O)COC(=O)C(C)(C)CC.CCC(C)(C)C(=O)O.CCC(C)(C)C(=O)OC. The van der Waals surface area contributed by atoms with E-state index in [2.05, 4.69) is 17.9 Å². The molecule has 310 valence electrons. The van der Waals surface area contributed by atoms with Crippen LogP contribution in [0.25, 0.3) is 0 Å². The summed E-state index contributed by atoms with van der Waals surface area (Å²) in [7, 11) is 1.42. The zero-order chi connectivity index (χ0) is 43.0. The van der Waals surface area contributed by atoms with Crippen molar-refractivity contribution in [2.75, 3.05) is 33.5 Å². The van der Waals surface area contributed by atoms with Crippen LogP contribution in [0.5, 0.6) is 0 Å². The molecule has 0 aromatic carbocycles. The summed E-state index contributed by atoms with van der Waals surface area (Å²) in [6.07, 6.45) is 0.904.